The third-order valence-corrected chi connectivity index (χ3v) is 4.20. The molecule has 2 amide bonds. The van der Waals surface area contributed by atoms with Gasteiger partial charge in [0.1, 0.15) is 6.54 Å². The second-order valence-electron chi connectivity index (χ2n) is 6.30. The molecule has 10 nitrogen and oxygen atoms in total. The number of carbonyl (C=O) groups excluding carboxylic acids is 2. The Labute approximate surface area is 173 Å². The monoisotopic (exact) mass is 410 g/mol. The van der Waals surface area contributed by atoms with Crippen molar-refractivity contribution in [1.29, 1.82) is 0 Å². The molecular weight excluding hydrogens is 388 g/mol. The van der Waals surface area contributed by atoms with Crippen LogP contribution in [-0.2, 0) is 22.6 Å². The van der Waals surface area contributed by atoms with E-state index in [1.54, 1.807) is 20.3 Å². The lowest BCUT2D eigenvalue weighted by atomic mass is 10.1. The number of aryl methyl sites for hydroxylation is 1. The number of carbonyl (C=O) groups is 2. The van der Waals surface area contributed by atoms with Gasteiger partial charge >= 0.3 is 0 Å². The summed E-state index contributed by atoms with van der Waals surface area (Å²) in [6, 6.07) is 14.7. The fourth-order valence-electron chi connectivity index (χ4n) is 2.68. The van der Waals surface area contributed by atoms with Crippen molar-refractivity contribution in [3.05, 3.63) is 54.1 Å². The first-order valence-electron chi connectivity index (χ1n) is 9.21. The van der Waals surface area contributed by atoms with Crippen LogP contribution in [0.25, 0.3) is 11.4 Å². The van der Waals surface area contributed by atoms with Crippen LogP contribution >= 0.6 is 0 Å². The zero-order valence-electron chi connectivity index (χ0n) is 16.7. The van der Waals surface area contributed by atoms with E-state index in [1.807, 2.05) is 42.5 Å². The number of amides is 2. The topological polar surface area (TPSA) is 120 Å². The highest BCUT2D eigenvalue weighted by Crippen LogP contribution is 2.27. The summed E-state index contributed by atoms with van der Waals surface area (Å²) < 4.78 is 10.4. The first-order valence-corrected chi connectivity index (χ1v) is 9.21. The molecule has 0 spiro atoms. The van der Waals surface area contributed by atoms with E-state index in [9.17, 15) is 9.59 Å². The van der Waals surface area contributed by atoms with E-state index in [0.717, 1.165) is 15.9 Å². The minimum absolute atomic E-state index is 0.171. The quantitative estimate of drug-likeness (QED) is 0.534. The van der Waals surface area contributed by atoms with Gasteiger partial charge in [-0.25, -0.2) is 0 Å². The summed E-state index contributed by atoms with van der Waals surface area (Å²) in [6.45, 7) is -0.171. The molecule has 0 aliphatic carbocycles. The molecule has 2 N–H and O–H groups in total. The maximum Gasteiger partial charge on any atom is 0.262 e. The second-order valence-corrected chi connectivity index (χ2v) is 6.30. The first kappa shape index (κ1) is 20.8. The summed E-state index contributed by atoms with van der Waals surface area (Å²) in [5, 5.41) is 11.9. The van der Waals surface area contributed by atoms with Crippen molar-refractivity contribution < 1.29 is 19.1 Å². The van der Waals surface area contributed by atoms with Crippen LogP contribution < -0.4 is 20.3 Å². The van der Waals surface area contributed by atoms with Crippen LogP contribution in [0.15, 0.2) is 48.5 Å². The number of hydrazine groups is 1. The predicted molar refractivity (Wildman–Crippen MR) is 107 cm³/mol. The molecule has 0 atom stereocenters. The van der Waals surface area contributed by atoms with Crippen molar-refractivity contribution in [2.24, 2.45) is 0 Å². The molecule has 0 radical (unpaired) electrons. The number of ether oxygens (including phenoxy) is 2. The lowest BCUT2D eigenvalue weighted by molar-refractivity contribution is -0.129. The van der Waals surface area contributed by atoms with Gasteiger partial charge in [0.05, 0.1) is 14.2 Å². The van der Waals surface area contributed by atoms with Gasteiger partial charge < -0.3 is 9.47 Å². The molecule has 0 aliphatic heterocycles. The first-order chi connectivity index (χ1) is 14.6. The van der Waals surface area contributed by atoms with E-state index >= 15 is 0 Å². The smallest absolute Gasteiger partial charge is 0.262 e. The second kappa shape index (κ2) is 10.0. The van der Waals surface area contributed by atoms with Crippen molar-refractivity contribution in [2.45, 2.75) is 19.4 Å². The number of methoxy groups -OCH3 is 2. The van der Waals surface area contributed by atoms with Crippen LogP contribution in [0.1, 0.15) is 12.0 Å². The molecule has 2 aromatic carbocycles. The number of hydrogen-bond donors (Lipinski definition) is 2. The van der Waals surface area contributed by atoms with Gasteiger partial charge in [0.2, 0.25) is 11.7 Å². The average Bonchev–Trinajstić information content (AvgIpc) is 3.25. The molecule has 0 saturated heterocycles. The third-order valence-electron chi connectivity index (χ3n) is 4.20. The van der Waals surface area contributed by atoms with Crippen LogP contribution in [-0.4, -0.2) is 46.2 Å². The number of nitrogens with one attached hydrogen (secondary N) is 2. The van der Waals surface area contributed by atoms with Crippen LogP contribution in [0.3, 0.4) is 0 Å². The highest BCUT2D eigenvalue weighted by atomic mass is 16.5. The maximum atomic E-state index is 12.0. The van der Waals surface area contributed by atoms with E-state index in [1.165, 1.54) is 0 Å². The Morgan fingerprint density at radius 3 is 2.43 bits per heavy atom. The van der Waals surface area contributed by atoms with Crippen molar-refractivity contribution >= 4 is 11.8 Å². The molecule has 0 bridgehead atoms. The summed E-state index contributed by atoms with van der Waals surface area (Å²) in [5.41, 5.74) is 6.43. The van der Waals surface area contributed by atoms with Crippen molar-refractivity contribution in [2.75, 3.05) is 14.2 Å². The number of tetrazole rings is 1. The largest absolute Gasteiger partial charge is 0.493 e. The molecule has 3 aromatic rings. The predicted octanol–water partition coefficient (Wildman–Crippen LogP) is 1.14. The Morgan fingerprint density at radius 2 is 1.70 bits per heavy atom. The Balaban J connectivity index is 1.44. The zero-order chi connectivity index (χ0) is 21.3. The molecule has 156 valence electrons. The van der Waals surface area contributed by atoms with Crippen LogP contribution in [0.4, 0.5) is 0 Å². The van der Waals surface area contributed by atoms with E-state index in [4.69, 9.17) is 9.47 Å². The highest BCUT2D eigenvalue weighted by molar-refractivity contribution is 5.81. The fourth-order valence-corrected chi connectivity index (χ4v) is 2.68. The summed E-state index contributed by atoms with van der Waals surface area (Å²) in [4.78, 5) is 25.2. The Bertz CT molecular complexity index is 1010. The van der Waals surface area contributed by atoms with E-state index in [2.05, 4.69) is 26.3 Å². The molecule has 0 fully saturated rings. The normalized spacial score (nSPS) is 10.3. The van der Waals surface area contributed by atoms with Crippen LogP contribution in [0.2, 0.25) is 0 Å². The lowest BCUT2D eigenvalue weighted by Crippen LogP contribution is -2.43. The molecule has 1 aromatic heterocycles. The molecule has 1 heterocycles. The third kappa shape index (κ3) is 5.53. The number of rotatable bonds is 8. The summed E-state index contributed by atoms with van der Waals surface area (Å²) >= 11 is 0. The minimum atomic E-state index is -0.466. The van der Waals surface area contributed by atoms with Gasteiger partial charge in [-0.05, 0) is 29.3 Å². The Morgan fingerprint density at radius 1 is 0.967 bits per heavy atom. The molecule has 10 heteroatoms. The lowest BCUT2D eigenvalue weighted by Gasteiger charge is -2.10. The summed E-state index contributed by atoms with van der Waals surface area (Å²) in [5.74, 6) is 0.845. The Kier molecular flexibility index (Phi) is 6.93. The van der Waals surface area contributed by atoms with Gasteiger partial charge in [0.25, 0.3) is 5.91 Å². The molecule has 30 heavy (non-hydrogen) atoms. The van der Waals surface area contributed by atoms with E-state index < -0.39 is 5.91 Å². The molecule has 0 aliphatic rings. The maximum absolute atomic E-state index is 12.0. The number of nitrogens with zero attached hydrogens (tertiary/aromatic N) is 4. The van der Waals surface area contributed by atoms with Crippen LogP contribution in [0, 0.1) is 0 Å². The van der Waals surface area contributed by atoms with Gasteiger partial charge in [-0.15, -0.1) is 10.2 Å². The molecule has 0 unspecified atom stereocenters. The SMILES string of the molecule is COc1ccc(CCC(=O)NNC(=O)Cn2nnc(-c3ccccc3)n2)cc1OC. The fraction of sp³-hybridized carbons (Fsp3) is 0.250. The van der Waals surface area contributed by atoms with Crippen LogP contribution in [0.5, 0.6) is 11.5 Å². The zero-order valence-corrected chi connectivity index (χ0v) is 16.7. The molecular formula is C20H22N6O4. The van der Waals surface area contributed by atoms with Gasteiger partial charge in [0, 0.05) is 12.0 Å². The van der Waals surface area contributed by atoms with Gasteiger partial charge in [-0.3, -0.25) is 20.4 Å². The average molecular weight is 410 g/mol. The van der Waals surface area contributed by atoms with Crippen molar-refractivity contribution in [3.8, 4) is 22.9 Å². The van der Waals surface area contributed by atoms with Gasteiger partial charge in [-0.1, -0.05) is 36.4 Å². The summed E-state index contributed by atoms with van der Waals surface area (Å²) in [6.07, 6.45) is 0.669. The van der Waals surface area contributed by atoms with E-state index in [-0.39, 0.29) is 18.9 Å². The number of hydrogen-bond acceptors (Lipinski definition) is 7. The minimum Gasteiger partial charge on any atom is -0.493 e. The van der Waals surface area contributed by atoms with Gasteiger partial charge in [0.15, 0.2) is 11.5 Å². The van der Waals surface area contributed by atoms with Crippen molar-refractivity contribution in [1.82, 2.24) is 31.1 Å². The Hall–Kier alpha value is -3.95. The standard InChI is InChI=1S/C20H22N6O4/c1-29-16-10-8-14(12-17(16)30-2)9-11-18(27)21-22-19(28)13-26-24-20(23-25-26)15-6-4-3-5-7-15/h3-8,10,12H,9,11,13H2,1-2H3,(H,21,27)(H,22,28). The summed E-state index contributed by atoms with van der Waals surface area (Å²) in [7, 11) is 3.11. The van der Waals surface area contributed by atoms with Crippen molar-refractivity contribution in [3.63, 3.8) is 0 Å². The number of aromatic nitrogens is 4. The van der Waals surface area contributed by atoms with E-state index in [0.29, 0.717) is 23.7 Å². The highest BCUT2D eigenvalue weighted by Gasteiger charge is 2.11. The molecule has 0 saturated carbocycles. The molecule has 3 rings (SSSR count). The van der Waals surface area contributed by atoms with Gasteiger partial charge in [-0.2, -0.15) is 4.80 Å². The number of benzene rings is 2.